The molecule has 1 N–H and O–H groups in total. The monoisotopic (exact) mass is 180 g/mol. The molecule has 70 valence electrons. The summed E-state index contributed by atoms with van der Waals surface area (Å²) >= 11 is 0. The average molecular weight is 180 g/mol. The number of amides is 2. The Morgan fingerprint density at radius 3 is 3.23 bits per heavy atom. The molecule has 0 saturated carbocycles. The van der Waals surface area contributed by atoms with Crippen molar-refractivity contribution in [3.05, 3.63) is 0 Å². The number of carbonyl (C=O) groups excluding carboxylic acids is 1. The molecule has 0 aliphatic carbocycles. The van der Waals surface area contributed by atoms with Crippen LogP contribution in [0, 0.1) is 11.3 Å². The maximum atomic E-state index is 11.6. The standard InChI is InChI=1S/C8H12N4O/c9-1-3-11-6-7-5-10-2-4-12(7)8(11)13/h7,10H,2-6H2. The van der Waals surface area contributed by atoms with Crippen molar-refractivity contribution in [2.24, 2.45) is 0 Å². The molecule has 0 radical (unpaired) electrons. The number of fused-ring (bicyclic) bond motifs is 1. The first-order chi connectivity index (χ1) is 6.33. The smallest absolute Gasteiger partial charge is 0.317 e. The van der Waals surface area contributed by atoms with E-state index in [1.54, 1.807) is 4.90 Å². The number of hydrogen-bond donors (Lipinski definition) is 1. The fourth-order valence-corrected chi connectivity index (χ4v) is 1.91. The molecule has 2 rings (SSSR count). The lowest BCUT2D eigenvalue weighted by Crippen LogP contribution is -2.49. The van der Waals surface area contributed by atoms with E-state index >= 15 is 0 Å². The topological polar surface area (TPSA) is 59.4 Å². The van der Waals surface area contributed by atoms with Crippen LogP contribution in [-0.2, 0) is 0 Å². The Kier molecular flexibility index (Phi) is 2.07. The first-order valence-electron chi connectivity index (χ1n) is 4.46. The highest BCUT2D eigenvalue weighted by molar-refractivity contribution is 5.77. The lowest BCUT2D eigenvalue weighted by molar-refractivity contribution is 0.181. The van der Waals surface area contributed by atoms with Crippen LogP contribution in [0.4, 0.5) is 4.79 Å². The Labute approximate surface area is 76.9 Å². The molecule has 5 nitrogen and oxygen atoms in total. The first kappa shape index (κ1) is 8.32. The Morgan fingerprint density at radius 1 is 1.69 bits per heavy atom. The Bertz CT molecular complexity index is 259. The van der Waals surface area contributed by atoms with Gasteiger partial charge in [0.25, 0.3) is 0 Å². The zero-order valence-electron chi connectivity index (χ0n) is 7.36. The SMILES string of the molecule is N#CCN1CC2CNCCN2C1=O. The second-order valence-corrected chi connectivity index (χ2v) is 3.37. The second-order valence-electron chi connectivity index (χ2n) is 3.37. The summed E-state index contributed by atoms with van der Waals surface area (Å²) in [5.41, 5.74) is 0. The Hall–Kier alpha value is -1.28. The van der Waals surface area contributed by atoms with E-state index in [0.717, 1.165) is 19.6 Å². The summed E-state index contributed by atoms with van der Waals surface area (Å²) in [6.07, 6.45) is 0. The van der Waals surface area contributed by atoms with Crippen LogP contribution in [0.5, 0.6) is 0 Å². The van der Waals surface area contributed by atoms with Gasteiger partial charge >= 0.3 is 6.03 Å². The highest BCUT2D eigenvalue weighted by Crippen LogP contribution is 2.16. The van der Waals surface area contributed by atoms with E-state index in [2.05, 4.69) is 5.32 Å². The lowest BCUT2D eigenvalue weighted by atomic mass is 10.2. The van der Waals surface area contributed by atoms with Gasteiger partial charge in [-0.05, 0) is 0 Å². The van der Waals surface area contributed by atoms with Crippen molar-refractivity contribution in [2.45, 2.75) is 6.04 Å². The molecule has 0 bridgehead atoms. The third kappa shape index (κ3) is 1.33. The highest BCUT2D eigenvalue weighted by Gasteiger charge is 2.37. The van der Waals surface area contributed by atoms with Crippen LogP contribution in [0.3, 0.4) is 0 Å². The van der Waals surface area contributed by atoms with Crippen LogP contribution >= 0.6 is 0 Å². The van der Waals surface area contributed by atoms with Crippen LogP contribution in [0.25, 0.3) is 0 Å². The third-order valence-corrected chi connectivity index (χ3v) is 2.56. The van der Waals surface area contributed by atoms with Crippen molar-refractivity contribution in [3.8, 4) is 6.07 Å². The summed E-state index contributed by atoms with van der Waals surface area (Å²) < 4.78 is 0. The Morgan fingerprint density at radius 2 is 2.54 bits per heavy atom. The maximum absolute atomic E-state index is 11.6. The summed E-state index contributed by atoms with van der Waals surface area (Å²) in [5.74, 6) is 0. The number of nitrogens with one attached hydrogen (secondary N) is 1. The van der Waals surface area contributed by atoms with E-state index in [1.165, 1.54) is 0 Å². The zero-order chi connectivity index (χ0) is 9.26. The maximum Gasteiger partial charge on any atom is 0.321 e. The van der Waals surface area contributed by atoms with Gasteiger partial charge in [0, 0.05) is 26.2 Å². The van der Waals surface area contributed by atoms with Crippen molar-refractivity contribution in [3.63, 3.8) is 0 Å². The molecule has 2 heterocycles. The van der Waals surface area contributed by atoms with Gasteiger partial charge in [0.05, 0.1) is 12.1 Å². The van der Waals surface area contributed by atoms with Gasteiger partial charge in [-0.15, -0.1) is 0 Å². The van der Waals surface area contributed by atoms with Gasteiger partial charge < -0.3 is 15.1 Å². The molecular formula is C8H12N4O. The fourth-order valence-electron chi connectivity index (χ4n) is 1.91. The molecule has 2 aliphatic rings. The van der Waals surface area contributed by atoms with E-state index in [1.807, 2.05) is 11.0 Å². The number of carbonyl (C=O) groups is 1. The molecule has 5 heteroatoms. The second kappa shape index (κ2) is 3.23. The normalized spacial score (nSPS) is 27.3. The summed E-state index contributed by atoms with van der Waals surface area (Å²) in [5, 5.41) is 11.7. The van der Waals surface area contributed by atoms with E-state index in [-0.39, 0.29) is 18.6 Å². The molecule has 13 heavy (non-hydrogen) atoms. The van der Waals surface area contributed by atoms with Gasteiger partial charge in [-0.25, -0.2) is 4.79 Å². The molecule has 1 unspecified atom stereocenters. The number of hydrogen-bond acceptors (Lipinski definition) is 3. The molecule has 2 saturated heterocycles. The average Bonchev–Trinajstić information content (AvgIpc) is 2.46. The lowest BCUT2D eigenvalue weighted by Gasteiger charge is -2.28. The van der Waals surface area contributed by atoms with Gasteiger partial charge in [0.15, 0.2) is 0 Å². The van der Waals surface area contributed by atoms with Crippen LogP contribution < -0.4 is 5.32 Å². The van der Waals surface area contributed by atoms with Crippen LogP contribution in [0.2, 0.25) is 0 Å². The molecule has 0 spiro atoms. The molecule has 0 aromatic heterocycles. The minimum absolute atomic E-state index is 0.0213. The van der Waals surface area contributed by atoms with Crippen LogP contribution in [0.15, 0.2) is 0 Å². The van der Waals surface area contributed by atoms with E-state index in [0.29, 0.717) is 6.54 Å². The molecule has 2 fully saturated rings. The van der Waals surface area contributed by atoms with Gasteiger partial charge in [0.1, 0.15) is 6.54 Å². The Balaban J connectivity index is 2.06. The van der Waals surface area contributed by atoms with E-state index in [9.17, 15) is 4.79 Å². The molecule has 1 atom stereocenters. The summed E-state index contributed by atoms with van der Waals surface area (Å²) in [4.78, 5) is 15.1. The number of urea groups is 1. The van der Waals surface area contributed by atoms with Gasteiger partial charge in [0.2, 0.25) is 0 Å². The number of nitriles is 1. The van der Waals surface area contributed by atoms with Crippen molar-refractivity contribution < 1.29 is 4.79 Å². The van der Waals surface area contributed by atoms with Gasteiger partial charge in [-0.2, -0.15) is 5.26 Å². The molecular weight excluding hydrogens is 168 g/mol. The van der Waals surface area contributed by atoms with Crippen LogP contribution in [-0.4, -0.2) is 54.6 Å². The zero-order valence-corrected chi connectivity index (χ0v) is 7.36. The van der Waals surface area contributed by atoms with E-state index in [4.69, 9.17) is 5.26 Å². The fraction of sp³-hybridized carbons (Fsp3) is 0.750. The molecule has 0 aromatic carbocycles. The third-order valence-electron chi connectivity index (χ3n) is 2.56. The quantitative estimate of drug-likeness (QED) is 0.538. The van der Waals surface area contributed by atoms with Gasteiger partial charge in [-0.1, -0.05) is 0 Å². The van der Waals surface area contributed by atoms with Crippen molar-refractivity contribution in [1.82, 2.24) is 15.1 Å². The van der Waals surface area contributed by atoms with Crippen molar-refractivity contribution in [2.75, 3.05) is 32.7 Å². The summed E-state index contributed by atoms with van der Waals surface area (Å²) in [6.45, 7) is 3.40. The highest BCUT2D eigenvalue weighted by atomic mass is 16.2. The molecule has 0 aromatic rings. The predicted octanol–water partition coefficient (Wildman–Crippen LogP) is -0.781. The molecule has 2 amide bonds. The summed E-state index contributed by atoms with van der Waals surface area (Å²) in [7, 11) is 0. The molecule has 2 aliphatic heterocycles. The first-order valence-corrected chi connectivity index (χ1v) is 4.46. The van der Waals surface area contributed by atoms with Gasteiger partial charge in [-0.3, -0.25) is 0 Å². The minimum Gasteiger partial charge on any atom is -0.317 e. The minimum atomic E-state index is 0.0213. The number of nitrogens with zero attached hydrogens (tertiary/aromatic N) is 3. The summed E-state index contributed by atoms with van der Waals surface area (Å²) in [6, 6.07) is 2.30. The number of piperazine rings is 1. The van der Waals surface area contributed by atoms with E-state index < -0.39 is 0 Å². The van der Waals surface area contributed by atoms with Crippen molar-refractivity contribution >= 4 is 6.03 Å². The predicted molar refractivity (Wildman–Crippen MR) is 45.9 cm³/mol. The van der Waals surface area contributed by atoms with Crippen LogP contribution in [0.1, 0.15) is 0 Å². The van der Waals surface area contributed by atoms with Crippen molar-refractivity contribution in [1.29, 1.82) is 5.26 Å². The number of rotatable bonds is 1. The largest absolute Gasteiger partial charge is 0.321 e.